The summed E-state index contributed by atoms with van der Waals surface area (Å²) in [5.74, 6) is -0.397. The molecule has 2 aliphatic heterocycles. The highest BCUT2D eigenvalue weighted by Gasteiger charge is 2.26. The number of anilines is 1. The number of fused-ring (bicyclic) bond motifs is 3. The summed E-state index contributed by atoms with van der Waals surface area (Å²) in [4.78, 5) is 14.1. The molecule has 2 aromatic heterocycles. The number of aromatic nitrogens is 1. The van der Waals surface area contributed by atoms with Crippen molar-refractivity contribution in [3.8, 4) is 0 Å². The first-order chi connectivity index (χ1) is 10.8. The van der Waals surface area contributed by atoms with Gasteiger partial charge in [0.25, 0.3) is 5.91 Å². The molecular formula is C18H13N3O. The van der Waals surface area contributed by atoms with Gasteiger partial charge in [-0.3, -0.25) is 4.79 Å². The lowest BCUT2D eigenvalue weighted by Crippen LogP contribution is -2.21. The van der Waals surface area contributed by atoms with Gasteiger partial charge in [-0.2, -0.15) is 0 Å². The summed E-state index contributed by atoms with van der Waals surface area (Å²) in [6.07, 6.45) is 9.17. The summed E-state index contributed by atoms with van der Waals surface area (Å²) < 4.78 is 2.00. The van der Waals surface area contributed by atoms with E-state index in [4.69, 9.17) is 5.73 Å². The molecule has 2 N–H and O–H groups in total. The molecule has 0 fully saturated rings. The number of primary amides is 1. The van der Waals surface area contributed by atoms with Crippen LogP contribution in [0.4, 0.5) is 5.69 Å². The number of pyridine rings is 1. The van der Waals surface area contributed by atoms with Gasteiger partial charge in [0.2, 0.25) is 0 Å². The van der Waals surface area contributed by atoms with Crippen LogP contribution in [-0.2, 0) is 6.42 Å². The highest BCUT2D eigenvalue weighted by atomic mass is 16.1. The Morgan fingerprint density at radius 3 is 2.91 bits per heavy atom. The molecule has 0 unspecified atom stereocenters. The minimum Gasteiger partial charge on any atom is -0.364 e. The summed E-state index contributed by atoms with van der Waals surface area (Å²) in [5.41, 5.74) is 11.7. The second-order valence-corrected chi connectivity index (χ2v) is 5.69. The molecule has 22 heavy (non-hydrogen) atoms. The third-order valence-electron chi connectivity index (χ3n) is 4.51. The van der Waals surface area contributed by atoms with Crippen molar-refractivity contribution in [2.45, 2.75) is 6.42 Å². The Kier molecular flexibility index (Phi) is 2.01. The van der Waals surface area contributed by atoms with Crippen LogP contribution in [0.3, 0.4) is 0 Å². The first-order valence-corrected chi connectivity index (χ1v) is 7.28. The van der Waals surface area contributed by atoms with Gasteiger partial charge in [-0.25, -0.2) is 0 Å². The third-order valence-corrected chi connectivity index (χ3v) is 4.51. The fourth-order valence-electron chi connectivity index (χ4n) is 3.64. The van der Waals surface area contributed by atoms with Crippen molar-refractivity contribution in [2.75, 3.05) is 4.90 Å². The molecule has 106 valence electrons. The maximum atomic E-state index is 12.0. The smallest absolute Gasteiger partial charge is 0.265 e. The zero-order valence-corrected chi connectivity index (χ0v) is 11.8. The van der Waals surface area contributed by atoms with Gasteiger partial charge >= 0.3 is 0 Å². The van der Waals surface area contributed by atoms with E-state index in [-0.39, 0.29) is 0 Å². The van der Waals surface area contributed by atoms with Crippen LogP contribution in [0.25, 0.3) is 22.5 Å². The first-order valence-electron chi connectivity index (χ1n) is 7.28. The van der Waals surface area contributed by atoms with Gasteiger partial charge < -0.3 is 15.0 Å². The van der Waals surface area contributed by atoms with E-state index >= 15 is 0 Å². The second-order valence-electron chi connectivity index (χ2n) is 5.69. The van der Waals surface area contributed by atoms with Gasteiger partial charge in [0, 0.05) is 23.3 Å². The monoisotopic (exact) mass is 287 g/mol. The largest absolute Gasteiger partial charge is 0.364 e. The fourth-order valence-corrected chi connectivity index (χ4v) is 3.64. The number of allylic oxidation sites excluding steroid dienone is 1. The van der Waals surface area contributed by atoms with Gasteiger partial charge in [-0.15, -0.1) is 0 Å². The van der Waals surface area contributed by atoms with E-state index < -0.39 is 5.91 Å². The maximum absolute atomic E-state index is 12.0. The first kappa shape index (κ1) is 11.6. The summed E-state index contributed by atoms with van der Waals surface area (Å²) in [7, 11) is 0. The van der Waals surface area contributed by atoms with E-state index in [1.165, 1.54) is 0 Å². The van der Waals surface area contributed by atoms with Crippen molar-refractivity contribution in [1.82, 2.24) is 4.40 Å². The SMILES string of the molecule is NC(=O)c1cc2c3c4c(c5ccccc5n14)C=CN3C=CC2. The molecule has 4 heterocycles. The van der Waals surface area contributed by atoms with Crippen molar-refractivity contribution in [2.24, 2.45) is 5.73 Å². The summed E-state index contributed by atoms with van der Waals surface area (Å²) in [5, 5.41) is 1.14. The number of hydrogen-bond donors (Lipinski definition) is 1. The third kappa shape index (κ3) is 1.25. The zero-order chi connectivity index (χ0) is 14.8. The van der Waals surface area contributed by atoms with Crippen LogP contribution in [0.15, 0.2) is 48.8 Å². The highest BCUT2D eigenvalue weighted by molar-refractivity contribution is 6.08. The van der Waals surface area contributed by atoms with E-state index in [1.807, 2.05) is 28.7 Å². The van der Waals surface area contributed by atoms with E-state index in [0.717, 1.165) is 39.7 Å². The van der Waals surface area contributed by atoms with Crippen LogP contribution in [-0.4, -0.2) is 10.3 Å². The molecule has 0 bridgehead atoms. The fraction of sp³-hybridized carbons (Fsp3) is 0.0556. The van der Waals surface area contributed by atoms with Crippen molar-refractivity contribution in [3.05, 3.63) is 65.6 Å². The van der Waals surface area contributed by atoms with Gasteiger partial charge in [0.15, 0.2) is 0 Å². The number of rotatable bonds is 1. The number of benzene rings is 1. The lowest BCUT2D eigenvalue weighted by atomic mass is 10.0. The Morgan fingerprint density at radius 1 is 1.18 bits per heavy atom. The minimum absolute atomic E-state index is 0.397. The Balaban J connectivity index is 2.11. The van der Waals surface area contributed by atoms with Gasteiger partial charge in [0.1, 0.15) is 5.69 Å². The Morgan fingerprint density at radius 2 is 2.05 bits per heavy atom. The number of carbonyl (C=O) groups excluding carboxylic acids is 1. The lowest BCUT2D eigenvalue weighted by molar-refractivity contribution is 0.0994. The van der Waals surface area contributed by atoms with Crippen molar-refractivity contribution < 1.29 is 4.79 Å². The normalized spacial score (nSPS) is 15.0. The molecule has 0 saturated heterocycles. The molecule has 2 aliphatic rings. The van der Waals surface area contributed by atoms with Crippen molar-refractivity contribution in [3.63, 3.8) is 0 Å². The second kappa shape index (κ2) is 3.80. The molecule has 1 aromatic carbocycles. The molecule has 1 amide bonds. The molecule has 5 rings (SSSR count). The van der Waals surface area contributed by atoms with Crippen LogP contribution in [0.5, 0.6) is 0 Å². The summed E-state index contributed by atoms with van der Waals surface area (Å²) in [6, 6.07) is 10.1. The molecule has 0 radical (unpaired) electrons. The molecule has 0 saturated carbocycles. The molecule has 4 heteroatoms. The molecule has 3 aromatic rings. The number of amides is 1. The number of para-hydroxylation sites is 1. The van der Waals surface area contributed by atoms with Crippen LogP contribution >= 0.6 is 0 Å². The van der Waals surface area contributed by atoms with Gasteiger partial charge in [-0.1, -0.05) is 24.3 Å². The number of nitrogens with zero attached hydrogens (tertiary/aromatic N) is 2. The minimum atomic E-state index is -0.397. The Hall–Kier alpha value is -3.01. The molecule has 0 spiro atoms. The van der Waals surface area contributed by atoms with Gasteiger partial charge in [0.05, 0.1) is 16.7 Å². The number of nitrogens with two attached hydrogens (primary N) is 1. The summed E-state index contributed by atoms with van der Waals surface area (Å²) in [6.45, 7) is 0. The van der Waals surface area contributed by atoms with Gasteiger partial charge in [-0.05, 0) is 30.2 Å². The van der Waals surface area contributed by atoms with E-state index in [1.54, 1.807) is 0 Å². The predicted octanol–water partition coefficient (Wildman–Crippen LogP) is 3.05. The van der Waals surface area contributed by atoms with Crippen LogP contribution in [0.2, 0.25) is 0 Å². The predicted molar refractivity (Wildman–Crippen MR) is 87.8 cm³/mol. The topological polar surface area (TPSA) is 50.7 Å². The number of carbonyl (C=O) groups is 1. The van der Waals surface area contributed by atoms with Crippen LogP contribution < -0.4 is 10.6 Å². The van der Waals surface area contributed by atoms with Crippen LogP contribution in [0, 0.1) is 0 Å². The van der Waals surface area contributed by atoms with Crippen molar-refractivity contribution >= 4 is 34.1 Å². The maximum Gasteiger partial charge on any atom is 0.265 e. The van der Waals surface area contributed by atoms with E-state index in [9.17, 15) is 4.79 Å². The molecule has 4 nitrogen and oxygen atoms in total. The molecule has 0 aliphatic carbocycles. The van der Waals surface area contributed by atoms with Crippen molar-refractivity contribution in [1.29, 1.82) is 0 Å². The standard InChI is InChI=1S/C18H13N3O/c19-18(22)15-10-11-4-3-8-20-9-7-13-12-5-1-2-6-14(12)21(15)17(13)16(11)20/h1-3,5-10H,4H2,(H2,19,22). The quantitative estimate of drug-likeness (QED) is 0.748. The lowest BCUT2D eigenvalue weighted by Gasteiger charge is -2.28. The number of hydrogen-bond acceptors (Lipinski definition) is 2. The highest BCUT2D eigenvalue weighted by Crippen LogP contribution is 2.42. The summed E-state index contributed by atoms with van der Waals surface area (Å²) >= 11 is 0. The molecular weight excluding hydrogens is 274 g/mol. The average Bonchev–Trinajstić information content (AvgIpc) is 2.88. The molecule has 0 atom stereocenters. The van der Waals surface area contributed by atoms with Crippen LogP contribution in [0.1, 0.15) is 21.6 Å². The Bertz CT molecular complexity index is 1040. The van der Waals surface area contributed by atoms with E-state index in [2.05, 4.69) is 35.5 Å². The van der Waals surface area contributed by atoms with E-state index in [0.29, 0.717) is 5.69 Å². The zero-order valence-electron chi connectivity index (χ0n) is 11.8. The Labute approximate surface area is 126 Å². The average molecular weight is 287 g/mol.